The average Bonchev–Trinajstić information content (AvgIpc) is 3.08. The summed E-state index contributed by atoms with van der Waals surface area (Å²) >= 11 is 1.76. The molecule has 2 aliphatic rings. The van der Waals surface area contributed by atoms with Gasteiger partial charge >= 0.3 is 0 Å². The van der Waals surface area contributed by atoms with Crippen LogP contribution < -0.4 is 10.6 Å². The third kappa shape index (κ3) is 6.78. The highest BCUT2D eigenvalue weighted by Crippen LogP contribution is 2.20. The Kier molecular flexibility index (Phi) is 10.0. The monoisotopic (exact) mass is 379 g/mol. The van der Waals surface area contributed by atoms with Crippen LogP contribution in [0.1, 0.15) is 33.1 Å². The highest BCUT2D eigenvalue weighted by molar-refractivity contribution is 7.99. The number of likely N-dealkylation sites (tertiary alicyclic amines) is 1. The number of hydrogen-bond acceptors (Lipinski definition) is 5. The molecular formula is C16H30ClN3O3S. The molecule has 1 atom stereocenters. The van der Waals surface area contributed by atoms with Gasteiger partial charge in [0.05, 0.1) is 12.1 Å². The van der Waals surface area contributed by atoms with E-state index in [0.29, 0.717) is 26.2 Å². The lowest BCUT2D eigenvalue weighted by atomic mass is 9.95. The van der Waals surface area contributed by atoms with Gasteiger partial charge in [0.2, 0.25) is 11.8 Å². The van der Waals surface area contributed by atoms with E-state index in [0.717, 1.165) is 30.9 Å². The Morgan fingerprint density at radius 3 is 2.62 bits per heavy atom. The Morgan fingerprint density at radius 1 is 1.33 bits per heavy atom. The van der Waals surface area contributed by atoms with E-state index in [9.17, 15) is 9.59 Å². The van der Waals surface area contributed by atoms with Gasteiger partial charge in [-0.1, -0.05) is 0 Å². The predicted octanol–water partition coefficient (Wildman–Crippen LogP) is 1.24. The van der Waals surface area contributed by atoms with Crippen molar-refractivity contribution in [3.05, 3.63) is 0 Å². The number of nitrogens with one attached hydrogen (secondary N) is 2. The number of nitrogens with zero attached hydrogens (tertiary/aromatic N) is 1. The van der Waals surface area contributed by atoms with E-state index in [4.69, 9.17) is 4.74 Å². The van der Waals surface area contributed by atoms with Crippen LogP contribution in [0.15, 0.2) is 0 Å². The summed E-state index contributed by atoms with van der Waals surface area (Å²) in [5, 5.41) is 6.20. The van der Waals surface area contributed by atoms with Crippen LogP contribution in [0.4, 0.5) is 0 Å². The van der Waals surface area contributed by atoms with E-state index in [1.807, 2.05) is 18.7 Å². The first-order valence-electron chi connectivity index (χ1n) is 8.57. The van der Waals surface area contributed by atoms with E-state index in [1.165, 1.54) is 0 Å². The Balaban J connectivity index is 0.00000288. The van der Waals surface area contributed by atoms with Crippen LogP contribution in [0.3, 0.4) is 0 Å². The van der Waals surface area contributed by atoms with Crippen LogP contribution in [0.25, 0.3) is 0 Å². The summed E-state index contributed by atoms with van der Waals surface area (Å²) < 4.78 is 5.46. The number of amides is 2. The number of piperidine rings is 1. The smallest absolute Gasteiger partial charge is 0.240 e. The van der Waals surface area contributed by atoms with Crippen LogP contribution in [0.2, 0.25) is 0 Å². The number of ether oxygens (including phenoxy) is 1. The molecule has 2 amide bonds. The first-order valence-corrected chi connectivity index (χ1v) is 9.72. The molecule has 0 spiro atoms. The molecule has 2 heterocycles. The second-order valence-corrected chi connectivity index (χ2v) is 7.47. The molecule has 0 aromatic heterocycles. The molecule has 2 N–H and O–H groups in total. The second-order valence-electron chi connectivity index (χ2n) is 6.44. The molecule has 140 valence electrons. The lowest BCUT2D eigenvalue weighted by molar-refractivity contribution is -0.136. The van der Waals surface area contributed by atoms with E-state index in [2.05, 4.69) is 10.6 Å². The molecule has 2 saturated heterocycles. The fraction of sp³-hybridized carbons (Fsp3) is 0.875. The van der Waals surface area contributed by atoms with E-state index >= 15 is 0 Å². The zero-order chi connectivity index (χ0) is 16.7. The second kappa shape index (κ2) is 11.2. The Morgan fingerprint density at radius 2 is 2.04 bits per heavy atom. The van der Waals surface area contributed by atoms with Crippen molar-refractivity contribution in [3.8, 4) is 0 Å². The molecule has 0 radical (unpaired) electrons. The topological polar surface area (TPSA) is 70.7 Å². The van der Waals surface area contributed by atoms with Gasteiger partial charge in [-0.05, 0) is 33.1 Å². The maximum atomic E-state index is 12.3. The molecule has 2 aliphatic heterocycles. The molecule has 2 rings (SSSR count). The maximum absolute atomic E-state index is 12.3. The third-order valence-corrected chi connectivity index (χ3v) is 5.20. The molecule has 0 aromatic carbocycles. The summed E-state index contributed by atoms with van der Waals surface area (Å²) in [5.74, 6) is 2.07. The van der Waals surface area contributed by atoms with Gasteiger partial charge in [0.15, 0.2) is 0 Å². The average molecular weight is 380 g/mol. The zero-order valence-corrected chi connectivity index (χ0v) is 16.2. The van der Waals surface area contributed by atoms with Crippen molar-refractivity contribution in [2.75, 3.05) is 37.9 Å². The Hall–Kier alpha value is -0.500. The summed E-state index contributed by atoms with van der Waals surface area (Å²) in [6, 6.07) is -0.0358. The van der Waals surface area contributed by atoms with Gasteiger partial charge in [0, 0.05) is 43.8 Å². The number of hydrogen-bond donors (Lipinski definition) is 2. The van der Waals surface area contributed by atoms with Gasteiger partial charge in [-0.25, -0.2) is 0 Å². The van der Waals surface area contributed by atoms with Gasteiger partial charge in [-0.3, -0.25) is 14.9 Å². The molecule has 6 nitrogen and oxygen atoms in total. The summed E-state index contributed by atoms with van der Waals surface area (Å²) in [4.78, 5) is 26.4. The predicted molar refractivity (Wildman–Crippen MR) is 99.5 cm³/mol. The molecule has 0 saturated carbocycles. The summed E-state index contributed by atoms with van der Waals surface area (Å²) in [5.41, 5.74) is 0. The lowest BCUT2D eigenvalue weighted by Gasteiger charge is -2.32. The first-order chi connectivity index (χ1) is 11.1. The normalized spacial score (nSPS) is 21.6. The largest absolute Gasteiger partial charge is 0.379 e. The molecule has 1 unspecified atom stereocenters. The first kappa shape index (κ1) is 21.5. The molecule has 0 aromatic rings. The van der Waals surface area contributed by atoms with Crippen LogP contribution >= 0.6 is 24.2 Å². The number of rotatable bonds is 7. The fourth-order valence-corrected chi connectivity index (χ4v) is 3.82. The highest BCUT2D eigenvalue weighted by atomic mass is 35.5. The van der Waals surface area contributed by atoms with Gasteiger partial charge in [0.1, 0.15) is 0 Å². The van der Waals surface area contributed by atoms with Crippen molar-refractivity contribution in [1.29, 1.82) is 0 Å². The minimum atomic E-state index is -0.0358. The number of carbonyl (C=O) groups is 2. The Labute approximate surface area is 155 Å². The van der Waals surface area contributed by atoms with Crippen molar-refractivity contribution >= 4 is 36.0 Å². The number of carbonyl (C=O) groups excluding carboxylic acids is 2. The van der Waals surface area contributed by atoms with Crippen LogP contribution in [-0.4, -0.2) is 66.7 Å². The van der Waals surface area contributed by atoms with Gasteiger partial charge < -0.3 is 15.0 Å². The molecule has 8 heteroatoms. The molecule has 0 bridgehead atoms. The minimum absolute atomic E-state index is 0. The van der Waals surface area contributed by atoms with Gasteiger partial charge in [-0.2, -0.15) is 0 Å². The van der Waals surface area contributed by atoms with Gasteiger partial charge in [0.25, 0.3) is 0 Å². The van der Waals surface area contributed by atoms with Crippen molar-refractivity contribution in [2.45, 2.75) is 45.3 Å². The number of halogens is 1. The van der Waals surface area contributed by atoms with Gasteiger partial charge in [-0.15, -0.1) is 24.2 Å². The number of thioether (sulfide) groups is 1. The van der Waals surface area contributed by atoms with Crippen molar-refractivity contribution < 1.29 is 14.3 Å². The SMILES string of the molecule is CC(C)OCCCNC(=O)C1CCN(C(=O)C2CSCN2)CC1.Cl. The molecule has 24 heavy (non-hydrogen) atoms. The zero-order valence-electron chi connectivity index (χ0n) is 14.6. The van der Waals surface area contributed by atoms with Crippen molar-refractivity contribution in [2.24, 2.45) is 5.92 Å². The van der Waals surface area contributed by atoms with E-state index in [1.54, 1.807) is 11.8 Å². The maximum Gasteiger partial charge on any atom is 0.240 e. The van der Waals surface area contributed by atoms with Crippen LogP contribution in [0, 0.1) is 5.92 Å². The van der Waals surface area contributed by atoms with Crippen LogP contribution in [0.5, 0.6) is 0 Å². The van der Waals surface area contributed by atoms with Crippen molar-refractivity contribution in [3.63, 3.8) is 0 Å². The van der Waals surface area contributed by atoms with E-state index < -0.39 is 0 Å². The highest BCUT2D eigenvalue weighted by Gasteiger charge is 2.31. The third-order valence-electron chi connectivity index (χ3n) is 4.26. The summed E-state index contributed by atoms with van der Waals surface area (Å²) in [7, 11) is 0. The fourth-order valence-electron chi connectivity index (χ4n) is 2.88. The minimum Gasteiger partial charge on any atom is -0.379 e. The Bertz CT molecular complexity index is 398. The molecule has 0 aliphatic carbocycles. The van der Waals surface area contributed by atoms with E-state index in [-0.39, 0.29) is 42.3 Å². The summed E-state index contributed by atoms with van der Waals surface area (Å²) in [6.45, 7) is 6.73. The van der Waals surface area contributed by atoms with Crippen molar-refractivity contribution in [1.82, 2.24) is 15.5 Å². The lowest BCUT2D eigenvalue weighted by Crippen LogP contribution is -2.49. The molecular weight excluding hydrogens is 350 g/mol. The summed E-state index contributed by atoms with van der Waals surface area (Å²) in [6.07, 6.45) is 2.60. The quantitative estimate of drug-likeness (QED) is 0.651. The standard InChI is InChI=1S/C16H29N3O3S.ClH/c1-12(2)22-9-3-6-17-15(20)13-4-7-19(8-5-13)16(21)14-10-23-11-18-14;/h12-14,18H,3-11H2,1-2H3,(H,17,20);1H. The van der Waals surface area contributed by atoms with Crippen LogP contribution in [-0.2, 0) is 14.3 Å². The molecule has 2 fully saturated rings.